The van der Waals surface area contributed by atoms with Crippen LogP contribution in [0.15, 0.2) is 40.8 Å². The Hall–Kier alpha value is -3.17. The normalized spacial score (nSPS) is 22.6. The Labute approximate surface area is 187 Å². The summed E-state index contributed by atoms with van der Waals surface area (Å²) < 4.78 is 17.2. The zero-order valence-electron chi connectivity index (χ0n) is 18.6. The minimum absolute atomic E-state index is 0.0604. The highest BCUT2D eigenvalue weighted by Gasteiger charge is 2.33. The molecule has 1 aromatic rings. The highest BCUT2D eigenvalue weighted by atomic mass is 16.5. The van der Waals surface area contributed by atoms with E-state index >= 15 is 0 Å². The molecule has 3 N–H and O–H groups in total. The van der Waals surface area contributed by atoms with Crippen molar-refractivity contribution in [2.45, 2.75) is 32.0 Å². The number of nitrogens with zero attached hydrogens (tertiary/aromatic N) is 2. The number of aliphatic imine (C=N–C) groups is 1. The average Bonchev–Trinajstić information content (AvgIpc) is 3.07. The number of methoxy groups -OCH3 is 1. The van der Waals surface area contributed by atoms with E-state index in [1.165, 1.54) is 0 Å². The molecule has 1 aromatic carbocycles. The molecule has 0 radical (unpaired) electrons. The van der Waals surface area contributed by atoms with Crippen LogP contribution in [0.25, 0.3) is 0 Å². The standard InChI is InChI=1S/C23H29N5O4/c1-23(2)11-15-9-18(27-22(29)17(12-24)21-25-5-4-6-26-21)19(10-20(15)32-23)28-7-8-31-16(13-28)14-30-3/h4-6,9-10,12,16,24-25H,7-8,11,13-14H2,1-3H3,(H,27,29)/b21-17-,24-12?. The predicted molar refractivity (Wildman–Crippen MR) is 124 cm³/mol. The number of fused-ring (bicyclic) bond motifs is 1. The Balaban J connectivity index is 1.67. The number of hydrogen-bond donors (Lipinski definition) is 3. The molecule has 1 saturated heterocycles. The SMILES string of the molecule is COCC1CN(c2cc3c(cc2NC(=O)/C(C=N)=C2\N=CC=CN2)CC(C)(C)O3)CCO1. The van der Waals surface area contributed by atoms with Crippen LogP contribution in [0.4, 0.5) is 11.4 Å². The van der Waals surface area contributed by atoms with E-state index < -0.39 is 5.91 Å². The molecule has 0 aromatic heterocycles. The van der Waals surface area contributed by atoms with Crippen LogP contribution in [0, 0.1) is 5.41 Å². The fourth-order valence-corrected chi connectivity index (χ4v) is 4.13. The molecule has 1 unspecified atom stereocenters. The third kappa shape index (κ3) is 4.68. The fourth-order valence-electron chi connectivity index (χ4n) is 4.13. The average molecular weight is 440 g/mol. The lowest BCUT2D eigenvalue weighted by atomic mass is 10.0. The number of amides is 1. The number of benzene rings is 1. The van der Waals surface area contributed by atoms with Crippen molar-refractivity contribution in [2.75, 3.05) is 43.6 Å². The van der Waals surface area contributed by atoms with Crippen LogP contribution in [0.5, 0.6) is 5.75 Å². The van der Waals surface area contributed by atoms with Crippen LogP contribution in [-0.2, 0) is 20.7 Å². The highest BCUT2D eigenvalue weighted by Crippen LogP contribution is 2.42. The number of nitrogens with one attached hydrogen (secondary N) is 3. The van der Waals surface area contributed by atoms with Crippen LogP contribution in [0.2, 0.25) is 0 Å². The number of ether oxygens (including phenoxy) is 3. The lowest BCUT2D eigenvalue weighted by Gasteiger charge is -2.35. The Kier molecular flexibility index (Phi) is 6.29. The number of hydrogen-bond acceptors (Lipinski definition) is 8. The lowest BCUT2D eigenvalue weighted by Crippen LogP contribution is -2.44. The Morgan fingerprint density at radius 2 is 2.31 bits per heavy atom. The topological polar surface area (TPSA) is 108 Å². The van der Waals surface area contributed by atoms with Gasteiger partial charge in [0.05, 0.1) is 36.3 Å². The first-order chi connectivity index (χ1) is 15.4. The van der Waals surface area contributed by atoms with Crippen molar-refractivity contribution in [3.8, 4) is 5.75 Å². The second kappa shape index (κ2) is 9.13. The van der Waals surface area contributed by atoms with Gasteiger partial charge < -0.3 is 35.2 Å². The summed E-state index contributed by atoms with van der Waals surface area (Å²) in [6.07, 6.45) is 6.66. The number of carbonyl (C=O) groups is 1. The van der Waals surface area contributed by atoms with E-state index in [0.717, 1.165) is 29.6 Å². The number of rotatable bonds is 6. The second-order valence-electron chi connectivity index (χ2n) is 8.55. The second-order valence-corrected chi connectivity index (χ2v) is 8.55. The number of allylic oxidation sites excluding steroid dienone is 1. The van der Waals surface area contributed by atoms with Gasteiger partial charge in [-0.3, -0.25) is 4.79 Å². The first-order valence-corrected chi connectivity index (χ1v) is 10.6. The zero-order chi connectivity index (χ0) is 22.7. The number of morpholine rings is 1. The maximum absolute atomic E-state index is 13.1. The minimum atomic E-state index is -0.406. The van der Waals surface area contributed by atoms with Gasteiger partial charge in [0, 0.05) is 56.9 Å². The summed E-state index contributed by atoms with van der Waals surface area (Å²) in [5.74, 6) is 0.752. The molecule has 3 aliphatic heterocycles. The van der Waals surface area contributed by atoms with E-state index in [2.05, 4.69) is 20.5 Å². The third-order valence-corrected chi connectivity index (χ3v) is 5.51. The fraction of sp³-hybridized carbons (Fsp3) is 0.435. The van der Waals surface area contributed by atoms with Gasteiger partial charge in [0.15, 0.2) is 0 Å². The summed E-state index contributed by atoms with van der Waals surface area (Å²) in [5, 5.41) is 13.7. The molecule has 0 saturated carbocycles. The van der Waals surface area contributed by atoms with Crippen molar-refractivity contribution in [1.82, 2.24) is 5.32 Å². The van der Waals surface area contributed by atoms with Crippen molar-refractivity contribution in [3.63, 3.8) is 0 Å². The molecule has 3 aliphatic rings. The van der Waals surface area contributed by atoms with Crippen LogP contribution in [0.1, 0.15) is 19.4 Å². The lowest BCUT2D eigenvalue weighted by molar-refractivity contribution is -0.112. The first-order valence-electron chi connectivity index (χ1n) is 10.6. The van der Waals surface area contributed by atoms with Gasteiger partial charge in [-0.25, -0.2) is 4.99 Å². The Morgan fingerprint density at radius 1 is 1.47 bits per heavy atom. The summed E-state index contributed by atoms with van der Waals surface area (Å²) in [6, 6.07) is 3.97. The van der Waals surface area contributed by atoms with Gasteiger partial charge >= 0.3 is 0 Å². The molecule has 9 nitrogen and oxygen atoms in total. The quantitative estimate of drug-likeness (QED) is 0.463. The van der Waals surface area contributed by atoms with Crippen LogP contribution in [-0.4, -0.2) is 63.5 Å². The molecular weight excluding hydrogens is 410 g/mol. The molecule has 170 valence electrons. The molecule has 9 heteroatoms. The van der Waals surface area contributed by atoms with Crippen molar-refractivity contribution in [3.05, 3.63) is 41.4 Å². The van der Waals surface area contributed by atoms with Crippen molar-refractivity contribution < 1.29 is 19.0 Å². The van der Waals surface area contributed by atoms with Gasteiger partial charge in [0.1, 0.15) is 17.2 Å². The third-order valence-electron chi connectivity index (χ3n) is 5.51. The van der Waals surface area contributed by atoms with Crippen molar-refractivity contribution in [2.24, 2.45) is 4.99 Å². The van der Waals surface area contributed by atoms with Crippen LogP contribution >= 0.6 is 0 Å². The molecule has 0 spiro atoms. The summed E-state index contributed by atoms with van der Waals surface area (Å²) >= 11 is 0. The summed E-state index contributed by atoms with van der Waals surface area (Å²) in [5.41, 5.74) is 2.41. The summed E-state index contributed by atoms with van der Waals surface area (Å²) in [7, 11) is 1.66. The van der Waals surface area contributed by atoms with Crippen molar-refractivity contribution in [1.29, 1.82) is 5.41 Å². The highest BCUT2D eigenvalue weighted by molar-refractivity contribution is 6.18. The number of anilines is 2. The maximum atomic E-state index is 13.1. The van der Waals surface area contributed by atoms with Gasteiger partial charge in [-0.1, -0.05) is 0 Å². The van der Waals surface area contributed by atoms with Crippen LogP contribution < -0.4 is 20.3 Å². The Bertz CT molecular complexity index is 996. The van der Waals surface area contributed by atoms with Gasteiger partial charge in [0.25, 0.3) is 5.91 Å². The van der Waals surface area contributed by atoms with E-state index in [-0.39, 0.29) is 17.3 Å². The smallest absolute Gasteiger partial charge is 0.261 e. The first kappa shape index (κ1) is 22.0. The molecule has 1 fully saturated rings. The monoisotopic (exact) mass is 439 g/mol. The summed E-state index contributed by atoms with van der Waals surface area (Å²) in [4.78, 5) is 19.5. The van der Waals surface area contributed by atoms with E-state index in [1.54, 1.807) is 25.6 Å². The summed E-state index contributed by atoms with van der Waals surface area (Å²) in [6.45, 7) is 6.46. The van der Waals surface area contributed by atoms with Crippen molar-refractivity contribution >= 4 is 29.7 Å². The predicted octanol–water partition coefficient (Wildman–Crippen LogP) is 2.24. The van der Waals surface area contributed by atoms with Gasteiger partial charge in [-0.15, -0.1) is 0 Å². The van der Waals surface area contributed by atoms with Crippen LogP contribution in [0.3, 0.4) is 0 Å². The molecule has 4 rings (SSSR count). The minimum Gasteiger partial charge on any atom is -0.487 e. The van der Waals surface area contributed by atoms with E-state index in [1.807, 2.05) is 26.0 Å². The molecule has 1 atom stereocenters. The van der Waals surface area contributed by atoms with E-state index in [9.17, 15) is 4.79 Å². The molecule has 3 heterocycles. The van der Waals surface area contributed by atoms with E-state index in [0.29, 0.717) is 37.8 Å². The molecule has 1 amide bonds. The molecule has 0 bridgehead atoms. The molecular formula is C23H29N5O4. The Morgan fingerprint density at radius 3 is 3.03 bits per heavy atom. The van der Waals surface area contributed by atoms with Gasteiger partial charge in [-0.2, -0.15) is 0 Å². The van der Waals surface area contributed by atoms with E-state index in [4.69, 9.17) is 19.6 Å². The molecule has 0 aliphatic carbocycles. The maximum Gasteiger partial charge on any atom is 0.261 e. The molecule has 32 heavy (non-hydrogen) atoms. The zero-order valence-corrected chi connectivity index (χ0v) is 18.6. The van der Waals surface area contributed by atoms with Gasteiger partial charge in [-0.05, 0) is 26.0 Å². The number of carbonyl (C=O) groups excluding carboxylic acids is 1. The van der Waals surface area contributed by atoms with Gasteiger partial charge in [0.2, 0.25) is 0 Å². The largest absolute Gasteiger partial charge is 0.487 e.